The van der Waals surface area contributed by atoms with E-state index in [-0.39, 0.29) is 5.91 Å². The summed E-state index contributed by atoms with van der Waals surface area (Å²) < 4.78 is 0. The van der Waals surface area contributed by atoms with Gasteiger partial charge in [0.15, 0.2) is 0 Å². The molecule has 4 nitrogen and oxygen atoms in total. The Labute approximate surface area is 94.1 Å². The molecule has 1 aliphatic rings. The molecule has 2 heterocycles. The zero-order valence-corrected chi connectivity index (χ0v) is 9.23. The molecule has 15 heavy (non-hydrogen) atoms. The molecule has 0 aromatic carbocycles. The van der Waals surface area contributed by atoms with Crippen molar-refractivity contribution in [1.29, 1.82) is 0 Å². The van der Waals surface area contributed by atoms with Gasteiger partial charge < -0.3 is 4.90 Å². The predicted octanol–water partition coefficient (Wildman–Crippen LogP) is 0.755. The second-order valence-electron chi connectivity index (χ2n) is 3.72. The molecule has 1 unspecified atom stereocenters. The van der Waals surface area contributed by atoms with E-state index in [4.69, 9.17) is 0 Å². The zero-order chi connectivity index (χ0) is 10.7. The molecule has 1 atom stereocenters. The lowest BCUT2D eigenvalue weighted by Crippen LogP contribution is -2.25. The Morgan fingerprint density at radius 3 is 3.00 bits per heavy atom. The van der Waals surface area contributed by atoms with Crippen LogP contribution in [0.3, 0.4) is 0 Å². The largest absolute Gasteiger partial charge is 0.336 e. The molecule has 1 aromatic heterocycles. The number of amides is 1. The molecule has 1 aromatic rings. The summed E-state index contributed by atoms with van der Waals surface area (Å²) in [6.07, 6.45) is 5.59. The van der Waals surface area contributed by atoms with Crippen molar-refractivity contribution in [3.8, 4) is 0 Å². The van der Waals surface area contributed by atoms with Crippen molar-refractivity contribution in [2.75, 3.05) is 12.3 Å². The highest BCUT2D eigenvalue weighted by Gasteiger charge is 2.28. The molecule has 0 saturated carbocycles. The maximum atomic E-state index is 11.6. The summed E-state index contributed by atoms with van der Waals surface area (Å²) in [5.41, 5.74) is 0.839. The van der Waals surface area contributed by atoms with Gasteiger partial charge in [-0.3, -0.25) is 14.8 Å². The van der Waals surface area contributed by atoms with E-state index in [1.54, 1.807) is 18.6 Å². The number of rotatable bonds is 3. The second-order valence-corrected chi connectivity index (χ2v) is 4.09. The Balaban J connectivity index is 1.99. The van der Waals surface area contributed by atoms with Crippen molar-refractivity contribution < 1.29 is 4.79 Å². The van der Waals surface area contributed by atoms with Crippen LogP contribution in [0, 0.1) is 5.92 Å². The van der Waals surface area contributed by atoms with E-state index in [0.29, 0.717) is 18.9 Å². The van der Waals surface area contributed by atoms with Gasteiger partial charge in [0.25, 0.3) is 0 Å². The fourth-order valence-corrected chi connectivity index (χ4v) is 1.98. The summed E-state index contributed by atoms with van der Waals surface area (Å²) in [5.74, 6) is 1.35. The summed E-state index contributed by atoms with van der Waals surface area (Å²) in [6, 6.07) is 0. The Bertz CT molecular complexity index is 344. The van der Waals surface area contributed by atoms with Gasteiger partial charge in [0.05, 0.1) is 18.4 Å². The summed E-state index contributed by atoms with van der Waals surface area (Å²) in [7, 11) is 0. The Kier molecular flexibility index (Phi) is 3.20. The first kappa shape index (κ1) is 10.4. The Hall–Kier alpha value is -1.10. The van der Waals surface area contributed by atoms with Crippen LogP contribution in [0.5, 0.6) is 0 Å². The van der Waals surface area contributed by atoms with Crippen LogP contribution >= 0.6 is 12.6 Å². The van der Waals surface area contributed by atoms with Crippen LogP contribution in [0.4, 0.5) is 0 Å². The minimum absolute atomic E-state index is 0.194. The van der Waals surface area contributed by atoms with Crippen LogP contribution in [-0.4, -0.2) is 33.1 Å². The molecule has 0 bridgehead atoms. The van der Waals surface area contributed by atoms with Gasteiger partial charge in [0.2, 0.25) is 5.91 Å². The van der Waals surface area contributed by atoms with Crippen molar-refractivity contribution in [2.24, 2.45) is 5.92 Å². The highest BCUT2D eigenvalue weighted by atomic mass is 32.1. The van der Waals surface area contributed by atoms with Gasteiger partial charge in [-0.15, -0.1) is 0 Å². The van der Waals surface area contributed by atoms with Crippen molar-refractivity contribution in [2.45, 2.75) is 13.0 Å². The van der Waals surface area contributed by atoms with Crippen LogP contribution in [0.1, 0.15) is 12.1 Å². The summed E-state index contributed by atoms with van der Waals surface area (Å²) in [6.45, 7) is 1.36. The van der Waals surface area contributed by atoms with Crippen molar-refractivity contribution in [3.63, 3.8) is 0 Å². The van der Waals surface area contributed by atoms with Gasteiger partial charge in [0.1, 0.15) is 0 Å². The van der Waals surface area contributed by atoms with E-state index < -0.39 is 0 Å². The Morgan fingerprint density at radius 2 is 2.40 bits per heavy atom. The van der Waals surface area contributed by atoms with Gasteiger partial charge in [-0.25, -0.2) is 0 Å². The van der Waals surface area contributed by atoms with Crippen LogP contribution in [0.25, 0.3) is 0 Å². The quantitative estimate of drug-likeness (QED) is 0.769. The lowest BCUT2D eigenvalue weighted by molar-refractivity contribution is -0.128. The van der Waals surface area contributed by atoms with E-state index in [1.807, 2.05) is 4.90 Å². The first-order valence-electron chi connectivity index (χ1n) is 4.93. The number of thiol groups is 1. The Morgan fingerprint density at radius 1 is 1.53 bits per heavy atom. The fourth-order valence-electron chi connectivity index (χ4n) is 1.74. The zero-order valence-electron chi connectivity index (χ0n) is 8.33. The molecular weight excluding hydrogens is 210 g/mol. The van der Waals surface area contributed by atoms with Gasteiger partial charge in [0, 0.05) is 25.4 Å². The molecule has 1 fully saturated rings. The number of carbonyl (C=O) groups excluding carboxylic acids is 1. The van der Waals surface area contributed by atoms with Crippen molar-refractivity contribution >= 4 is 18.5 Å². The van der Waals surface area contributed by atoms with Crippen LogP contribution < -0.4 is 0 Å². The normalized spacial score (nSPS) is 21.0. The summed E-state index contributed by atoms with van der Waals surface area (Å²) >= 11 is 4.22. The number of nitrogens with zero attached hydrogens (tertiary/aromatic N) is 3. The maximum Gasteiger partial charge on any atom is 0.223 e. The molecule has 5 heteroatoms. The summed E-state index contributed by atoms with van der Waals surface area (Å²) in [4.78, 5) is 21.5. The van der Waals surface area contributed by atoms with Crippen LogP contribution in [0.15, 0.2) is 18.6 Å². The molecule has 0 radical (unpaired) electrons. The summed E-state index contributed by atoms with van der Waals surface area (Å²) in [5, 5.41) is 0. The third-order valence-corrected chi connectivity index (χ3v) is 3.04. The lowest BCUT2D eigenvalue weighted by atomic mass is 10.1. The molecular formula is C10H13N3OS. The van der Waals surface area contributed by atoms with E-state index in [2.05, 4.69) is 22.6 Å². The lowest BCUT2D eigenvalue weighted by Gasteiger charge is -2.15. The molecule has 2 rings (SSSR count). The molecule has 0 spiro atoms. The third kappa shape index (κ3) is 2.47. The van der Waals surface area contributed by atoms with Gasteiger partial charge in [-0.1, -0.05) is 0 Å². The average molecular weight is 223 g/mol. The maximum absolute atomic E-state index is 11.6. The standard InChI is InChI=1S/C10H13N3OS/c14-10-3-8(7-15)5-13(10)6-9-4-11-1-2-12-9/h1-2,4,8,15H,3,5-7H2. The van der Waals surface area contributed by atoms with Gasteiger partial charge in [-0.05, 0) is 11.7 Å². The number of carbonyl (C=O) groups is 1. The van der Waals surface area contributed by atoms with Crippen molar-refractivity contribution in [1.82, 2.24) is 14.9 Å². The molecule has 1 amide bonds. The van der Waals surface area contributed by atoms with Crippen LogP contribution in [-0.2, 0) is 11.3 Å². The number of aromatic nitrogens is 2. The SMILES string of the molecule is O=C1CC(CS)CN1Cc1cnccn1. The molecule has 0 aliphatic carbocycles. The first-order valence-corrected chi connectivity index (χ1v) is 5.56. The number of hydrogen-bond acceptors (Lipinski definition) is 4. The highest BCUT2D eigenvalue weighted by Crippen LogP contribution is 2.20. The minimum atomic E-state index is 0.194. The number of hydrogen-bond donors (Lipinski definition) is 1. The minimum Gasteiger partial charge on any atom is -0.336 e. The fraction of sp³-hybridized carbons (Fsp3) is 0.500. The van der Waals surface area contributed by atoms with E-state index in [0.717, 1.165) is 18.0 Å². The first-order chi connectivity index (χ1) is 7.29. The van der Waals surface area contributed by atoms with E-state index in [1.165, 1.54) is 0 Å². The topological polar surface area (TPSA) is 46.1 Å². The molecule has 0 N–H and O–H groups in total. The van der Waals surface area contributed by atoms with E-state index in [9.17, 15) is 4.79 Å². The monoisotopic (exact) mass is 223 g/mol. The average Bonchev–Trinajstić information content (AvgIpc) is 2.61. The van der Waals surface area contributed by atoms with Crippen molar-refractivity contribution in [3.05, 3.63) is 24.3 Å². The van der Waals surface area contributed by atoms with E-state index >= 15 is 0 Å². The molecule has 80 valence electrons. The smallest absolute Gasteiger partial charge is 0.223 e. The number of likely N-dealkylation sites (tertiary alicyclic amines) is 1. The molecule has 1 saturated heterocycles. The van der Waals surface area contributed by atoms with Gasteiger partial charge >= 0.3 is 0 Å². The molecule has 1 aliphatic heterocycles. The predicted molar refractivity (Wildman–Crippen MR) is 59.4 cm³/mol. The van der Waals surface area contributed by atoms with Gasteiger partial charge in [-0.2, -0.15) is 12.6 Å². The van der Waals surface area contributed by atoms with Crippen LogP contribution in [0.2, 0.25) is 0 Å². The highest BCUT2D eigenvalue weighted by molar-refractivity contribution is 7.80. The second kappa shape index (κ2) is 4.61. The third-order valence-electron chi connectivity index (χ3n) is 2.52.